The predicted molar refractivity (Wildman–Crippen MR) is 122 cm³/mol. The molecule has 160 valence electrons. The highest BCUT2D eigenvalue weighted by Gasteiger charge is 2.43. The van der Waals surface area contributed by atoms with Crippen molar-refractivity contribution < 1.29 is 14.0 Å². The molecule has 5 nitrogen and oxygen atoms in total. The zero-order chi connectivity index (χ0) is 22.7. The van der Waals surface area contributed by atoms with E-state index in [-0.39, 0.29) is 23.1 Å². The fourth-order valence-corrected chi connectivity index (χ4v) is 4.81. The summed E-state index contributed by atoms with van der Waals surface area (Å²) in [5.74, 6) is -0.738. The molecular formula is C27H18FN3O2. The van der Waals surface area contributed by atoms with E-state index >= 15 is 0 Å². The van der Waals surface area contributed by atoms with Crippen LogP contribution < -0.4 is 5.32 Å². The summed E-state index contributed by atoms with van der Waals surface area (Å²) in [6.07, 6.45) is 0. The maximum absolute atomic E-state index is 13.8. The van der Waals surface area contributed by atoms with Gasteiger partial charge in [-0.2, -0.15) is 5.10 Å². The van der Waals surface area contributed by atoms with Crippen molar-refractivity contribution in [2.45, 2.75) is 12.8 Å². The summed E-state index contributed by atoms with van der Waals surface area (Å²) < 4.78 is 15.5. The molecule has 0 saturated carbocycles. The largest absolute Gasteiger partial charge is 0.336 e. The summed E-state index contributed by atoms with van der Waals surface area (Å²) in [5.41, 5.74) is 4.44. The molecule has 1 aromatic heterocycles. The Hall–Kier alpha value is -4.32. The van der Waals surface area contributed by atoms with Gasteiger partial charge in [-0.15, -0.1) is 0 Å². The zero-order valence-corrected chi connectivity index (χ0v) is 17.7. The van der Waals surface area contributed by atoms with E-state index in [1.54, 1.807) is 41.1 Å². The molecule has 1 N–H and O–H groups in total. The third kappa shape index (κ3) is 2.80. The maximum Gasteiger partial charge on any atom is 0.210 e. The number of nitrogens with zero attached hydrogens (tertiary/aromatic N) is 2. The number of hydrogen-bond acceptors (Lipinski definition) is 4. The van der Waals surface area contributed by atoms with Crippen LogP contribution in [0.15, 0.2) is 90.1 Å². The first kappa shape index (κ1) is 19.4. The monoisotopic (exact) mass is 435 g/mol. The van der Waals surface area contributed by atoms with Crippen molar-refractivity contribution in [3.63, 3.8) is 0 Å². The Bertz CT molecular complexity index is 1480. The van der Waals surface area contributed by atoms with Gasteiger partial charge in [0.05, 0.1) is 17.1 Å². The smallest absolute Gasteiger partial charge is 0.210 e. The zero-order valence-electron chi connectivity index (χ0n) is 17.7. The van der Waals surface area contributed by atoms with Crippen LogP contribution in [0.5, 0.6) is 0 Å². The number of benzene rings is 3. The minimum Gasteiger partial charge on any atom is -0.336 e. The second-order valence-electron chi connectivity index (χ2n) is 8.20. The minimum absolute atomic E-state index is 0.209. The van der Waals surface area contributed by atoms with Crippen molar-refractivity contribution >= 4 is 17.4 Å². The van der Waals surface area contributed by atoms with E-state index in [9.17, 15) is 14.0 Å². The van der Waals surface area contributed by atoms with Crippen LogP contribution >= 0.6 is 0 Å². The van der Waals surface area contributed by atoms with Crippen LogP contribution in [-0.2, 0) is 0 Å². The van der Waals surface area contributed by atoms with Gasteiger partial charge in [0.25, 0.3) is 0 Å². The van der Waals surface area contributed by atoms with Gasteiger partial charge < -0.3 is 5.32 Å². The molecule has 4 aromatic rings. The number of Topliss-reactive ketones (excluding diaryl/α,β-unsaturated/α-hetero) is 2. The minimum atomic E-state index is -0.556. The predicted octanol–water partition coefficient (Wildman–Crippen LogP) is 5.21. The fourth-order valence-electron chi connectivity index (χ4n) is 4.81. The number of para-hydroxylation sites is 1. The molecule has 2 aliphatic rings. The van der Waals surface area contributed by atoms with Gasteiger partial charge in [-0.3, -0.25) is 9.59 Å². The summed E-state index contributed by atoms with van der Waals surface area (Å²) in [4.78, 5) is 27.2. The lowest BCUT2D eigenvalue weighted by Crippen LogP contribution is -2.33. The van der Waals surface area contributed by atoms with E-state index < -0.39 is 5.92 Å². The molecule has 0 saturated heterocycles. The lowest BCUT2D eigenvalue weighted by molar-refractivity contribution is 0.0971. The quantitative estimate of drug-likeness (QED) is 0.470. The maximum atomic E-state index is 13.8. The van der Waals surface area contributed by atoms with Crippen LogP contribution in [0.3, 0.4) is 0 Å². The third-order valence-electron chi connectivity index (χ3n) is 6.29. The molecule has 0 radical (unpaired) electrons. The Morgan fingerprint density at radius 2 is 1.48 bits per heavy atom. The van der Waals surface area contributed by atoms with Crippen LogP contribution in [0.25, 0.3) is 5.69 Å². The molecule has 1 aliphatic heterocycles. The van der Waals surface area contributed by atoms with Crippen molar-refractivity contribution in [3.8, 4) is 5.69 Å². The number of allylic oxidation sites excluding steroid dienone is 2. The number of rotatable bonds is 2. The first-order valence-corrected chi connectivity index (χ1v) is 10.6. The van der Waals surface area contributed by atoms with Crippen LogP contribution in [0.4, 0.5) is 10.2 Å². The molecular weight excluding hydrogens is 417 g/mol. The standard InChI is InChI=1S/C27H18FN3O2/c1-15-21-22(16-11-13-17(28)14-12-16)23-24(26(33)20-10-6-5-9-19(20)25(23)32)29-27(21)31(30-15)18-7-3-2-4-8-18/h2-14,22,29H,1H3. The number of aromatic nitrogens is 2. The highest BCUT2D eigenvalue weighted by atomic mass is 19.1. The molecule has 0 amide bonds. The van der Waals surface area contributed by atoms with Crippen molar-refractivity contribution in [2.75, 3.05) is 5.32 Å². The first-order chi connectivity index (χ1) is 16.0. The normalized spacial score (nSPS) is 16.7. The average molecular weight is 435 g/mol. The topological polar surface area (TPSA) is 64.0 Å². The lowest BCUT2D eigenvalue weighted by Gasteiger charge is -2.32. The number of carbonyl (C=O) groups excluding carboxylic acids is 2. The Morgan fingerprint density at radius 3 is 2.18 bits per heavy atom. The number of ketones is 2. The molecule has 6 rings (SSSR count). The van der Waals surface area contributed by atoms with Gasteiger partial charge in [0, 0.05) is 28.2 Å². The number of carbonyl (C=O) groups is 2. The molecule has 0 fully saturated rings. The van der Waals surface area contributed by atoms with Crippen LogP contribution in [0.2, 0.25) is 0 Å². The fraction of sp³-hybridized carbons (Fsp3) is 0.0741. The van der Waals surface area contributed by atoms with Crippen LogP contribution in [-0.4, -0.2) is 21.3 Å². The first-order valence-electron chi connectivity index (χ1n) is 10.6. The number of halogens is 1. The van der Waals surface area contributed by atoms with Gasteiger partial charge in [0.2, 0.25) is 5.78 Å². The Labute approximate surface area is 189 Å². The highest BCUT2D eigenvalue weighted by molar-refractivity contribution is 6.29. The molecule has 0 bridgehead atoms. The summed E-state index contributed by atoms with van der Waals surface area (Å²) >= 11 is 0. The van der Waals surface area contributed by atoms with Gasteiger partial charge in [-0.25, -0.2) is 9.07 Å². The summed E-state index contributed by atoms with van der Waals surface area (Å²) in [5, 5.41) is 8.00. The van der Waals surface area contributed by atoms with Gasteiger partial charge in [0.1, 0.15) is 11.6 Å². The lowest BCUT2D eigenvalue weighted by atomic mass is 9.74. The SMILES string of the molecule is Cc1nn(-c2ccccc2)c2c1C(c1ccc(F)cc1)C1=C(N2)C(=O)c2ccccc2C1=O. The number of nitrogens with one attached hydrogen (secondary N) is 1. The molecule has 2 heterocycles. The molecule has 1 unspecified atom stereocenters. The van der Waals surface area contributed by atoms with E-state index in [4.69, 9.17) is 5.10 Å². The Kier molecular flexibility index (Phi) is 4.17. The molecule has 1 aliphatic carbocycles. The Morgan fingerprint density at radius 1 is 0.848 bits per heavy atom. The summed E-state index contributed by atoms with van der Waals surface area (Å²) in [7, 11) is 0. The molecule has 0 spiro atoms. The van der Waals surface area contributed by atoms with Crippen molar-refractivity contribution in [1.29, 1.82) is 0 Å². The van der Waals surface area contributed by atoms with Gasteiger partial charge in [0.15, 0.2) is 5.78 Å². The number of anilines is 1. The molecule has 3 aromatic carbocycles. The van der Waals surface area contributed by atoms with Crippen molar-refractivity contribution in [3.05, 3.63) is 124 Å². The van der Waals surface area contributed by atoms with Gasteiger partial charge >= 0.3 is 0 Å². The third-order valence-corrected chi connectivity index (χ3v) is 6.29. The van der Waals surface area contributed by atoms with E-state index in [1.165, 1.54) is 12.1 Å². The molecule has 6 heteroatoms. The molecule has 33 heavy (non-hydrogen) atoms. The summed E-state index contributed by atoms with van der Waals surface area (Å²) in [6.45, 7) is 1.88. The van der Waals surface area contributed by atoms with E-state index in [2.05, 4.69) is 5.32 Å². The molecule has 1 atom stereocenters. The van der Waals surface area contributed by atoms with Crippen molar-refractivity contribution in [1.82, 2.24) is 9.78 Å². The van der Waals surface area contributed by atoms with Gasteiger partial charge in [-0.05, 0) is 36.8 Å². The van der Waals surface area contributed by atoms with Crippen molar-refractivity contribution in [2.24, 2.45) is 0 Å². The van der Waals surface area contributed by atoms with E-state index in [1.807, 2.05) is 37.3 Å². The number of hydrogen-bond donors (Lipinski definition) is 1. The average Bonchev–Trinajstić information content (AvgIpc) is 3.18. The second-order valence-corrected chi connectivity index (χ2v) is 8.20. The number of fused-ring (bicyclic) bond motifs is 2. The van der Waals surface area contributed by atoms with E-state index in [0.717, 1.165) is 22.5 Å². The number of aryl methyl sites for hydroxylation is 1. The van der Waals surface area contributed by atoms with Gasteiger partial charge in [-0.1, -0.05) is 54.6 Å². The summed E-state index contributed by atoms with van der Waals surface area (Å²) in [6, 6.07) is 22.5. The second kappa shape index (κ2) is 7.10. The Balaban J connectivity index is 1.64. The van der Waals surface area contributed by atoms with Crippen LogP contribution in [0, 0.1) is 12.7 Å². The highest BCUT2D eigenvalue weighted by Crippen LogP contribution is 2.47. The van der Waals surface area contributed by atoms with E-state index in [0.29, 0.717) is 22.5 Å². The van der Waals surface area contributed by atoms with Crippen LogP contribution in [0.1, 0.15) is 43.5 Å².